The Kier molecular flexibility index (Phi) is 7.94. The Balaban J connectivity index is 0.910. The molecule has 6 aromatic carbocycles. The number of carbonyl (C=O) groups excluding carboxylic acids is 8. The van der Waals surface area contributed by atoms with Crippen LogP contribution in [0.1, 0.15) is 99.6 Å². The van der Waals surface area contributed by atoms with Crippen molar-refractivity contribution < 1.29 is 43.1 Å². The van der Waals surface area contributed by atoms with E-state index in [1.54, 1.807) is 61.5 Å². The van der Waals surface area contributed by atoms with Crippen LogP contribution in [-0.4, -0.2) is 59.2 Å². The zero-order chi connectivity index (χ0) is 42.8. The maximum atomic E-state index is 14.1. The van der Waals surface area contributed by atoms with Crippen molar-refractivity contribution in [3.63, 3.8) is 0 Å². The van der Waals surface area contributed by atoms with Gasteiger partial charge in [-0.05, 0) is 140 Å². The first kappa shape index (κ1) is 37.0. The van der Waals surface area contributed by atoms with E-state index in [0.717, 1.165) is 30.7 Å². The smallest absolute Gasteiger partial charge is 0.266 e. The molecular formula is C48H30N4O9. The maximum absolute atomic E-state index is 14.1. The number of rotatable bonds is 6. The third-order valence-electron chi connectivity index (χ3n) is 11.3. The summed E-state index contributed by atoms with van der Waals surface area (Å²) in [6.45, 7) is 5.49. The average molecular weight is 807 g/mol. The fourth-order valence-corrected chi connectivity index (χ4v) is 8.45. The molecule has 4 aliphatic heterocycles. The Labute approximate surface area is 347 Å². The van der Waals surface area contributed by atoms with E-state index in [1.807, 2.05) is 19.9 Å². The number of anilines is 3. The highest BCUT2D eigenvalue weighted by Gasteiger charge is 2.41. The summed E-state index contributed by atoms with van der Waals surface area (Å²) >= 11 is 0. The molecule has 6 aromatic rings. The maximum Gasteiger partial charge on any atom is 0.266 e. The highest BCUT2D eigenvalue weighted by Crippen LogP contribution is 2.39. The summed E-state index contributed by atoms with van der Waals surface area (Å²) in [5.74, 6) is -3.82. The topological polar surface area (TPSA) is 159 Å². The summed E-state index contributed by atoms with van der Waals surface area (Å²) in [5.41, 5.74) is 5.60. The highest BCUT2D eigenvalue weighted by molar-refractivity contribution is 6.37. The molecule has 4 aliphatic rings. The number of carbonyl (C=O) groups is 8. The van der Waals surface area contributed by atoms with Gasteiger partial charge in [-0.2, -0.15) is 0 Å². The van der Waals surface area contributed by atoms with Gasteiger partial charge in [0.2, 0.25) is 0 Å². The van der Waals surface area contributed by atoms with Gasteiger partial charge in [-0.1, -0.05) is 18.2 Å². The van der Waals surface area contributed by atoms with Crippen LogP contribution in [0, 0.1) is 20.8 Å². The minimum atomic E-state index is -0.656. The molecule has 0 spiro atoms. The van der Waals surface area contributed by atoms with Crippen molar-refractivity contribution in [1.29, 1.82) is 0 Å². The number of hydrogen-bond acceptors (Lipinski definition) is 9. The Morgan fingerprint density at radius 2 is 0.639 bits per heavy atom. The van der Waals surface area contributed by atoms with E-state index in [2.05, 4.69) is 0 Å². The number of nitrogens with zero attached hydrogens (tertiary/aromatic N) is 4. The number of imide groups is 4. The molecule has 296 valence electrons. The normalized spacial score (nSPS) is 15.3. The largest absolute Gasteiger partial charge is 0.457 e. The first-order valence-electron chi connectivity index (χ1n) is 19.1. The minimum Gasteiger partial charge on any atom is -0.457 e. The van der Waals surface area contributed by atoms with E-state index in [1.165, 1.54) is 55.6 Å². The van der Waals surface area contributed by atoms with E-state index in [-0.39, 0.29) is 67.4 Å². The average Bonchev–Trinajstić information content (AvgIpc) is 3.82. The molecule has 13 heteroatoms. The zero-order valence-electron chi connectivity index (χ0n) is 32.9. The first-order valence-corrected chi connectivity index (χ1v) is 19.1. The molecule has 8 amide bonds. The SMILES string of the molecule is Cc1cc(C)cc(N2C(=O)c3ccc(-c4ccc5c(c4)C(=O)N(c4cc(C)cc(N6C(=O)c7ccc(Oc8ccc9c(c8)C(=O)N(C)C9=O)cc7C6=O)c4)C5=O)cc3C2=O)c1. The van der Waals surface area contributed by atoms with Crippen LogP contribution in [0.15, 0.2) is 109 Å². The van der Waals surface area contributed by atoms with Gasteiger partial charge < -0.3 is 4.74 Å². The second kappa shape index (κ2) is 13.1. The monoisotopic (exact) mass is 806 g/mol. The molecule has 0 radical (unpaired) electrons. The van der Waals surface area contributed by atoms with Gasteiger partial charge in [0.1, 0.15) is 11.5 Å². The van der Waals surface area contributed by atoms with E-state index in [9.17, 15) is 38.4 Å². The van der Waals surface area contributed by atoms with Crippen LogP contribution in [0.2, 0.25) is 0 Å². The predicted octanol–water partition coefficient (Wildman–Crippen LogP) is 7.70. The summed E-state index contributed by atoms with van der Waals surface area (Å²) in [4.78, 5) is 112. The lowest BCUT2D eigenvalue weighted by Gasteiger charge is -2.20. The second-order valence-corrected chi connectivity index (χ2v) is 15.4. The zero-order valence-corrected chi connectivity index (χ0v) is 32.9. The quantitative estimate of drug-likeness (QED) is 0.154. The number of benzene rings is 6. The molecule has 0 aliphatic carbocycles. The van der Waals surface area contributed by atoms with E-state index >= 15 is 0 Å². The van der Waals surface area contributed by atoms with Crippen molar-refractivity contribution in [3.8, 4) is 22.6 Å². The lowest BCUT2D eigenvalue weighted by atomic mass is 9.97. The fraction of sp³-hybridized carbons (Fsp3) is 0.0833. The van der Waals surface area contributed by atoms with Crippen molar-refractivity contribution in [2.75, 3.05) is 21.7 Å². The van der Waals surface area contributed by atoms with Crippen LogP contribution in [-0.2, 0) is 0 Å². The summed E-state index contributed by atoms with van der Waals surface area (Å²) in [6.07, 6.45) is 0. The second-order valence-electron chi connectivity index (χ2n) is 15.4. The summed E-state index contributed by atoms with van der Waals surface area (Å²) in [5, 5.41) is 0. The van der Waals surface area contributed by atoms with Gasteiger partial charge in [-0.15, -0.1) is 0 Å². The lowest BCUT2D eigenvalue weighted by Crippen LogP contribution is -2.32. The van der Waals surface area contributed by atoms with Crippen LogP contribution < -0.4 is 19.4 Å². The molecular weight excluding hydrogens is 777 g/mol. The van der Waals surface area contributed by atoms with Crippen LogP contribution in [0.3, 0.4) is 0 Å². The van der Waals surface area contributed by atoms with Gasteiger partial charge in [0.15, 0.2) is 0 Å². The number of ether oxygens (including phenoxy) is 1. The van der Waals surface area contributed by atoms with E-state index in [0.29, 0.717) is 22.4 Å². The lowest BCUT2D eigenvalue weighted by molar-refractivity contribution is 0.0690. The number of aryl methyl sites for hydroxylation is 3. The van der Waals surface area contributed by atoms with Crippen LogP contribution in [0.5, 0.6) is 11.5 Å². The van der Waals surface area contributed by atoms with Crippen LogP contribution in [0.4, 0.5) is 17.1 Å². The predicted molar refractivity (Wildman–Crippen MR) is 222 cm³/mol. The van der Waals surface area contributed by atoms with Gasteiger partial charge in [-0.25, -0.2) is 14.7 Å². The van der Waals surface area contributed by atoms with Crippen LogP contribution in [0.25, 0.3) is 11.1 Å². The molecule has 0 N–H and O–H groups in total. The van der Waals surface area contributed by atoms with Crippen molar-refractivity contribution in [3.05, 3.63) is 170 Å². The Hall–Kier alpha value is -8.32. The Bertz CT molecular complexity index is 3130. The number of amides is 8. The first-order chi connectivity index (χ1) is 29.2. The van der Waals surface area contributed by atoms with Crippen molar-refractivity contribution in [1.82, 2.24) is 4.90 Å². The van der Waals surface area contributed by atoms with Crippen molar-refractivity contribution in [2.45, 2.75) is 20.8 Å². The summed E-state index contributed by atoms with van der Waals surface area (Å²) in [6, 6.07) is 28.6. The van der Waals surface area contributed by atoms with E-state index in [4.69, 9.17) is 4.74 Å². The fourth-order valence-electron chi connectivity index (χ4n) is 8.45. The number of hydrogen-bond donors (Lipinski definition) is 0. The van der Waals surface area contributed by atoms with Gasteiger partial charge in [0.05, 0.1) is 61.6 Å². The summed E-state index contributed by atoms with van der Waals surface area (Å²) < 4.78 is 5.95. The van der Waals surface area contributed by atoms with E-state index < -0.39 is 47.3 Å². The Morgan fingerprint density at radius 3 is 1.08 bits per heavy atom. The molecule has 61 heavy (non-hydrogen) atoms. The molecule has 13 nitrogen and oxygen atoms in total. The molecule has 0 atom stereocenters. The minimum absolute atomic E-state index is 0.0570. The summed E-state index contributed by atoms with van der Waals surface area (Å²) in [7, 11) is 1.39. The standard InChI is InChI=1S/C48H30N4O9/c1-23-13-24(2)15-28(14-23)50-43(55)34-9-5-26(18-37(34)46(50)58)27-6-10-35-38(19-27)47(59)51(44(35)56)29-16-25(3)17-30(20-29)52-45(57)36-12-8-32(22-40(36)48(52)60)61-31-7-11-33-39(21-31)42(54)49(4)41(33)53/h5-22H,1-4H3. The highest BCUT2D eigenvalue weighted by atomic mass is 16.5. The van der Waals surface area contributed by atoms with Gasteiger partial charge in [-0.3, -0.25) is 43.3 Å². The molecule has 0 aromatic heterocycles. The molecule has 0 fully saturated rings. The molecule has 0 saturated heterocycles. The van der Waals surface area contributed by atoms with Crippen molar-refractivity contribution >= 4 is 64.3 Å². The van der Waals surface area contributed by atoms with Crippen molar-refractivity contribution in [2.24, 2.45) is 0 Å². The van der Waals surface area contributed by atoms with Gasteiger partial charge in [0, 0.05) is 7.05 Å². The number of fused-ring (bicyclic) bond motifs is 4. The van der Waals surface area contributed by atoms with Gasteiger partial charge >= 0.3 is 0 Å². The molecule has 0 unspecified atom stereocenters. The molecule has 10 rings (SSSR count). The third-order valence-corrected chi connectivity index (χ3v) is 11.3. The molecule has 0 saturated carbocycles. The Morgan fingerprint density at radius 1 is 0.328 bits per heavy atom. The molecule has 0 bridgehead atoms. The van der Waals surface area contributed by atoms with Gasteiger partial charge in [0.25, 0.3) is 47.3 Å². The third kappa shape index (κ3) is 5.54. The molecule has 4 heterocycles. The van der Waals surface area contributed by atoms with Crippen LogP contribution >= 0.6 is 0 Å².